The van der Waals surface area contributed by atoms with Gasteiger partial charge < -0.3 is 24.8 Å². The summed E-state index contributed by atoms with van der Waals surface area (Å²) in [6, 6.07) is 11.5. The fraction of sp³-hybridized carbons (Fsp3) is 0.375. The van der Waals surface area contributed by atoms with Crippen molar-refractivity contribution in [2.45, 2.75) is 19.8 Å². The lowest BCUT2D eigenvalue weighted by atomic mass is 10.1. The van der Waals surface area contributed by atoms with Crippen molar-refractivity contribution in [3.05, 3.63) is 48.3 Å². The molecule has 1 aromatic heterocycles. The molecule has 1 fully saturated rings. The van der Waals surface area contributed by atoms with Crippen LogP contribution < -0.4 is 10.2 Å². The van der Waals surface area contributed by atoms with Crippen LogP contribution in [-0.2, 0) is 9.47 Å². The van der Waals surface area contributed by atoms with Gasteiger partial charge in [-0.05, 0) is 50.1 Å². The van der Waals surface area contributed by atoms with E-state index >= 15 is 0 Å². The highest BCUT2D eigenvalue weighted by Crippen LogP contribution is 2.32. The number of aromatic hydroxyl groups is 1. The normalized spacial score (nSPS) is 12.9. The maximum absolute atomic E-state index is 13.7. The summed E-state index contributed by atoms with van der Waals surface area (Å²) in [7, 11) is 1.56. The van der Waals surface area contributed by atoms with Crippen LogP contribution in [0.25, 0.3) is 22.3 Å². The molecule has 0 spiro atoms. The highest BCUT2D eigenvalue weighted by Gasteiger charge is 2.20. The number of benzene rings is 2. The van der Waals surface area contributed by atoms with Crippen LogP contribution in [0.1, 0.15) is 19.8 Å². The summed E-state index contributed by atoms with van der Waals surface area (Å²) >= 11 is 0. The molecule has 2 N–H and O–H groups in total. The minimum atomic E-state index is -0.389. The number of aromatic nitrogens is 2. The lowest BCUT2D eigenvalue weighted by Crippen LogP contribution is -2.24. The van der Waals surface area contributed by atoms with Gasteiger partial charge in [0.15, 0.2) is 5.82 Å². The van der Waals surface area contributed by atoms with Crippen LogP contribution in [0.3, 0.4) is 0 Å². The number of ether oxygens (including phenoxy) is 2. The van der Waals surface area contributed by atoms with Crippen molar-refractivity contribution >= 4 is 22.8 Å². The second-order valence-electron chi connectivity index (χ2n) is 7.40. The molecule has 1 aliphatic rings. The van der Waals surface area contributed by atoms with Crippen LogP contribution in [0, 0.1) is 5.82 Å². The highest BCUT2D eigenvalue weighted by atomic mass is 19.1. The first-order chi connectivity index (χ1) is 16.0. The number of amides is 1. The van der Waals surface area contributed by atoms with E-state index in [0.29, 0.717) is 42.0 Å². The predicted octanol–water partition coefficient (Wildman–Crippen LogP) is 4.12. The second kappa shape index (κ2) is 12.0. The summed E-state index contributed by atoms with van der Waals surface area (Å²) in [5.74, 6) is 1.05. The van der Waals surface area contributed by atoms with E-state index in [0.717, 1.165) is 31.7 Å². The molecule has 3 aromatic rings. The number of alkyl carbamates (subject to hydrolysis) is 1. The molecule has 176 valence electrons. The van der Waals surface area contributed by atoms with Crippen LogP contribution >= 0.6 is 0 Å². The number of nitrogens with one attached hydrogen (secondary N) is 1. The maximum Gasteiger partial charge on any atom is 0.407 e. The summed E-state index contributed by atoms with van der Waals surface area (Å²) < 4.78 is 23.0. The molecule has 0 radical (unpaired) electrons. The van der Waals surface area contributed by atoms with Crippen molar-refractivity contribution in [2.75, 3.05) is 44.9 Å². The number of rotatable bonds is 6. The molecule has 0 unspecified atom stereocenters. The minimum Gasteiger partial charge on any atom is -0.507 e. The Morgan fingerprint density at radius 1 is 1.15 bits per heavy atom. The SMILES string of the molecule is CCNC(=O)OCCOC.Oc1ccccc1-c1nc(N2CCCC2)c2cc(F)ccc2n1. The Morgan fingerprint density at radius 3 is 2.61 bits per heavy atom. The number of halogens is 1. The van der Waals surface area contributed by atoms with Gasteiger partial charge in [-0.15, -0.1) is 0 Å². The molecule has 2 aromatic carbocycles. The van der Waals surface area contributed by atoms with Crippen molar-refractivity contribution in [2.24, 2.45) is 0 Å². The first kappa shape index (κ1) is 24.2. The van der Waals surface area contributed by atoms with E-state index in [1.807, 2.05) is 13.0 Å². The Kier molecular flexibility index (Phi) is 8.77. The molecule has 0 saturated carbocycles. The summed E-state index contributed by atoms with van der Waals surface area (Å²) in [6.45, 7) is 4.98. The maximum atomic E-state index is 13.7. The number of anilines is 1. The number of fused-ring (bicyclic) bond motifs is 1. The van der Waals surface area contributed by atoms with Crippen molar-refractivity contribution in [3.8, 4) is 17.1 Å². The van der Waals surface area contributed by atoms with Gasteiger partial charge in [-0.25, -0.2) is 19.2 Å². The number of carbonyl (C=O) groups is 1. The molecule has 33 heavy (non-hydrogen) atoms. The lowest BCUT2D eigenvalue weighted by Gasteiger charge is -2.19. The predicted molar refractivity (Wildman–Crippen MR) is 125 cm³/mol. The fourth-order valence-electron chi connectivity index (χ4n) is 3.45. The van der Waals surface area contributed by atoms with E-state index in [1.165, 1.54) is 12.1 Å². The summed E-state index contributed by atoms with van der Waals surface area (Å²) in [4.78, 5) is 21.8. The first-order valence-corrected chi connectivity index (χ1v) is 10.9. The first-order valence-electron chi connectivity index (χ1n) is 10.9. The Bertz CT molecular complexity index is 1070. The summed E-state index contributed by atoms with van der Waals surface area (Å²) in [5.41, 5.74) is 1.26. The molecule has 0 bridgehead atoms. The van der Waals surface area contributed by atoms with E-state index in [1.54, 1.807) is 31.4 Å². The molecule has 0 aliphatic carbocycles. The Morgan fingerprint density at radius 2 is 1.91 bits per heavy atom. The molecule has 0 atom stereocenters. The average Bonchev–Trinajstić information content (AvgIpc) is 3.34. The van der Waals surface area contributed by atoms with E-state index < -0.39 is 0 Å². The van der Waals surface area contributed by atoms with Gasteiger partial charge in [-0.3, -0.25) is 0 Å². The third-order valence-corrected chi connectivity index (χ3v) is 5.03. The van der Waals surface area contributed by atoms with Gasteiger partial charge in [0, 0.05) is 32.1 Å². The Balaban J connectivity index is 0.000000262. The van der Waals surface area contributed by atoms with Gasteiger partial charge in [0.2, 0.25) is 0 Å². The minimum absolute atomic E-state index is 0.140. The molecule has 1 saturated heterocycles. The summed E-state index contributed by atoms with van der Waals surface area (Å²) in [5, 5.41) is 13.3. The number of methoxy groups -OCH3 is 1. The van der Waals surface area contributed by atoms with E-state index in [9.17, 15) is 14.3 Å². The smallest absolute Gasteiger partial charge is 0.407 e. The zero-order valence-electron chi connectivity index (χ0n) is 18.9. The third-order valence-electron chi connectivity index (χ3n) is 5.03. The van der Waals surface area contributed by atoms with Gasteiger partial charge in [0.1, 0.15) is 24.0 Å². The molecule has 1 aliphatic heterocycles. The number of para-hydroxylation sites is 1. The molecule has 8 nitrogen and oxygen atoms in total. The van der Waals surface area contributed by atoms with Crippen LogP contribution in [0.4, 0.5) is 15.0 Å². The lowest BCUT2D eigenvalue weighted by molar-refractivity contribution is 0.0989. The number of carbonyl (C=O) groups excluding carboxylic acids is 1. The van der Waals surface area contributed by atoms with Gasteiger partial charge >= 0.3 is 6.09 Å². The van der Waals surface area contributed by atoms with E-state index in [4.69, 9.17) is 0 Å². The molecule has 1 amide bonds. The van der Waals surface area contributed by atoms with Crippen molar-refractivity contribution in [3.63, 3.8) is 0 Å². The zero-order chi connectivity index (χ0) is 23.6. The number of hydrogen-bond acceptors (Lipinski definition) is 7. The van der Waals surface area contributed by atoms with E-state index in [-0.39, 0.29) is 17.7 Å². The molecule has 4 rings (SSSR count). The monoisotopic (exact) mass is 456 g/mol. The van der Waals surface area contributed by atoms with Crippen LogP contribution in [0.5, 0.6) is 5.75 Å². The zero-order valence-corrected chi connectivity index (χ0v) is 18.9. The summed E-state index contributed by atoms with van der Waals surface area (Å²) in [6.07, 6.45) is 1.82. The number of hydrogen-bond donors (Lipinski definition) is 2. The number of phenols is 1. The van der Waals surface area contributed by atoms with Gasteiger partial charge in [-0.2, -0.15) is 0 Å². The molecular weight excluding hydrogens is 427 g/mol. The topological polar surface area (TPSA) is 96.8 Å². The molecule has 2 heterocycles. The van der Waals surface area contributed by atoms with Crippen molar-refractivity contribution < 1.29 is 23.8 Å². The van der Waals surface area contributed by atoms with Crippen LogP contribution in [0.2, 0.25) is 0 Å². The number of phenolic OH excluding ortho intramolecular Hbond substituents is 1. The fourth-order valence-corrected chi connectivity index (χ4v) is 3.45. The molecular formula is C24H29FN4O4. The van der Waals surface area contributed by atoms with E-state index in [2.05, 4.69) is 29.7 Å². The highest BCUT2D eigenvalue weighted by molar-refractivity contribution is 5.91. The number of nitrogens with zero attached hydrogens (tertiary/aromatic N) is 3. The Labute approximate surface area is 192 Å². The van der Waals surface area contributed by atoms with Gasteiger partial charge in [-0.1, -0.05) is 12.1 Å². The van der Waals surface area contributed by atoms with Crippen molar-refractivity contribution in [1.82, 2.24) is 15.3 Å². The Hall–Kier alpha value is -3.46. The van der Waals surface area contributed by atoms with Crippen LogP contribution in [0.15, 0.2) is 42.5 Å². The largest absolute Gasteiger partial charge is 0.507 e. The average molecular weight is 457 g/mol. The molecule has 9 heteroatoms. The van der Waals surface area contributed by atoms with Gasteiger partial charge in [0.05, 0.1) is 17.7 Å². The second-order valence-corrected chi connectivity index (χ2v) is 7.40. The third kappa shape index (κ3) is 6.52. The quantitative estimate of drug-likeness (QED) is 0.539. The van der Waals surface area contributed by atoms with Crippen LogP contribution in [-0.4, -0.2) is 61.1 Å². The van der Waals surface area contributed by atoms with Crippen molar-refractivity contribution in [1.29, 1.82) is 0 Å². The standard InChI is InChI=1S/C18H16FN3O.C6H13NO3/c19-12-7-8-15-14(11-12)18(22-9-3-4-10-22)21-17(20-15)13-5-1-2-6-16(13)23;1-3-7-6(8)10-5-4-9-2/h1-2,5-8,11,23H,3-4,9-10H2;3-5H2,1-2H3,(H,7,8). The van der Waals surface area contributed by atoms with Gasteiger partial charge in [0.25, 0.3) is 0 Å².